The first-order valence-corrected chi connectivity index (χ1v) is 7.43. The molecule has 1 aliphatic heterocycles. The lowest BCUT2D eigenvalue weighted by molar-refractivity contribution is -0.399. The van der Waals surface area contributed by atoms with Crippen molar-refractivity contribution in [2.24, 2.45) is 5.92 Å². The minimum Gasteiger partial charge on any atom is -0.245 e. The van der Waals surface area contributed by atoms with Gasteiger partial charge in [0, 0.05) is 13.6 Å². The van der Waals surface area contributed by atoms with Gasteiger partial charge in [-0.05, 0) is 5.92 Å². The van der Waals surface area contributed by atoms with Crippen LogP contribution in [0.5, 0.6) is 0 Å². The van der Waals surface area contributed by atoms with Gasteiger partial charge in [0.05, 0.1) is 14.1 Å². The highest BCUT2D eigenvalue weighted by Crippen LogP contribution is 2.14. The molecule has 7 nitrogen and oxygen atoms in total. The quantitative estimate of drug-likeness (QED) is 0.659. The highest BCUT2D eigenvalue weighted by molar-refractivity contribution is 7.91. The van der Waals surface area contributed by atoms with Crippen molar-refractivity contribution in [1.29, 1.82) is 0 Å². The van der Waals surface area contributed by atoms with Gasteiger partial charge >= 0.3 is 11.9 Å². The van der Waals surface area contributed by atoms with Crippen LogP contribution in [0.4, 0.5) is 4.79 Å². The summed E-state index contributed by atoms with van der Waals surface area (Å²) in [5.41, 5.74) is 0. The number of hydrogen-bond acceptors (Lipinski definition) is 4. The van der Waals surface area contributed by atoms with E-state index in [9.17, 15) is 18.0 Å². The van der Waals surface area contributed by atoms with Crippen molar-refractivity contribution in [1.82, 2.24) is 9.21 Å². The van der Waals surface area contributed by atoms with E-state index in [1.54, 1.807) is 0 Å². The van der Waals surface area contributed by atoms with Crippen LogP contribution in [0.1, 0.15) is 13.8 Å². The van der Waals surface area contributed by atoms with Crippen molar-refractivity contribution in [3.8, 4) is 0 Å². The lowest BCUT2D eigenvalue weighted by Gasteiger charge is -2.25. The van der Waals surface area contributed by atoms with Crippen LogP contribution in [0.3, 0.4) is 0 Å². The summed E-state index contributed by atoms with van der Waals surface area (Å²) in [6.45, 7) is 4.10. The van der Waals surface area contributed by atoms with Crippen LogP contribution < -0.4 is 0 Å². The summed E-state index contributed by atoms with van der Waals surface area (Å²) >= 11 is 0. The van der Waals surface area contributed by atoms with Crippen LogP contribution in [0, 0.1) is 5.92 Å². The number of amides is 3. The SMILES string of the molecule is CC(C)CN(C)S(=O)(=O)C1C=[N+](C)C(=O)N(C)C1=O. The Labute approximate surface area is 113 Å². The van der Waals surface area contributed by atoms with E-state index in [4.69, 9.17) is 0 Å². The summed E-state index contributed by atoms with van der Waals surface area (Å²) in [6, 6.07) is -0.539. The minimum absolute atomic E-state index is 0.149. The van der Waals surface area contributed by atoms with E-state index in [0.717, 1.165) is 20.0 Å². The first kappa shape index (κ1) is 15.8. The lowest BCUT2D eigenvalue weighted by atomic mass is 10.2. The first-order valence-electron chi connectivity index (χ1n) is 5.93. The van der Waals surface area contributed by atoms with Gasteiger partial charge in [0.2, 0.25) is 15.3 Å². The van der Waals surface area contributed by atoms with Gasteiger partial charge in [0.15, 0.2) is 0 Å². The zero-order chi connectivity index (χ0) is 15.0. The van der Waals surface area contributed by atoms with E-state index in [1.165, 1.54) is 21.1 Å². The molecule has 19 heavy (non-hydrogen) atoms. The van der Waals surface area contributed by atoms with Crippen LogP contribution in [0.2, 0.25) is 0 Å². The van der Waals surface area contributed by atoms with Gasteiger partial charge in [-0.3, -0.25) is 0 Å². The predicted octanol–water partition coefficient (Wildman–Crippen LogP) is -0.422. The Morgan fingerprint density at radius 1 is 1.42 bits per heavy atom. The predicted molar refractivity (Wildman–Crippen MR) is 70.6 cm³/mol. The number of carbonyl (C=O) groups is 2. The molecule has 0 saturated carbocycles. The maximum Gasteiger partial charge on any atom is 0.500 e. The zero-order valence-electron chi connectivity index (χ0n) is 11.8. The summed E-state index contributed by atoms with van der Waals surface area (Å²) < 4.78 is 27.0. The normalized spacial score (nSPS) is 21.3. The second-order valence-corrected chi connectivity index (χ2v) is 7.24. The smallest absolute Gasteiger partial charge is 0.245 e. The number of nitrogens with zero attached hydrogens (tertiary/aromatic N) is 3. The van der Waals surface area contributed by atoms with E-state index in [1.807, 2.05) is 13.8 Å². The van der Waals surface area contributed by atoms with Crippen LogP contribution in [-0.4, -0.2) is 73.3 Å². The van der Waals surface area contributed by atoms with Crippen molar-refractivity contribution in [2.75, 3.05) is 27.7 Å². The highest BCUT2D eigenvalue weighted by Gasteiger charge is 2.47. The monoisotopic (exact) mass is 290 g/mol. The van der Waals surface area contributed by atoms with Crippen molar-refractivity contribution < 1.29 is 22.6 Å². The standard InChI is InChI=1S/C11H20N3O4S/c1-8(2)6-13(4)19(17,18)9-7-12(3)11(16)14(5)10(9)15/h7-9H,6H2,1-5H3/q+1. The number of imide groups is 1. The molecule has 8 heteroatoms. The van der Waals surface area contributed by atoms with Crippen LogP contribution in [0.15, 0.2) is 0 Å². The minimum atomic E-state index is -3.80. The Hall–Kier alpha value is -1.28. The second-order valence-electron chi connectivity index (χ2n) is 5.08. The molecule has 0 bridgehead atoms. The molecular weight excluding hydrogens is 270 g/mol. The largest absolute Gasteiger partial charge is 0.500 e. The van der Waals surface area contributed by atoms with Gasteiger partial charge in [-0.25, -0.2) is 22.1 Å². The third kappa shape index (κ3) is 3.01. The van der Waals surface area contributed by atoms with E-state index in [0.29, 0.717) is 6.54 Å². The molecule has 0 spiro atoms. The van der Waals surface area contributed by atoms with Gasteiger partial charge < -0.3 is 0 Å². The third-order valence-electron chi connectivity index (χ3n) is 2.90. The molecule has 0 N–H and O–H groups in total. The van der Waals surface area contributed by atoms with Gasteiger partial charge in [-0.2, -0.15) is 9.69 Å². The summed E-state index contributed by atoms with van der Waals surface area (Å²) in [4.78, 5) is 24.3. The Morgan fingerprint density at radius 2 is 1.95 bits per heavy atom. The average molecular weight is 290 g/mol. The van der Waals surface area contributed by atoms with Crippen LogP contribution >= 0.6 is 0 Å². The Kier molecular flexibility index (Phi) is 4.46. The molecule has 1 heterocycles. The molecule has 1 unspecified atom stereocenters. The molecule has 0 aliphatic carbocycles. The molecule has 1 rings (SSSR count). The summed E-state index contributed by atoms with van der Waals surface area (Å²) in [7, 11) is 0.338. The van der Waals surface area contributed by atoms with E-state index in [2.05, 4.69) is 0 Å². The molecule has 1 atom stereocenters. The van der Waals surface area contributed by atoms with Crippen molar-refractivity contribution >= 4 is 28.2 Å². The van der Waals surface area contributed by atoms with E-state index < -0.39 is 27.2 Å². The molecule has 1 aliphatic rings. The number of rotatable bonds is 4. The molecule has 0 aromatic heterocycles. The van der Waals surface area contributed by atoms with Crippen molar-refractivity contribution in [3.63, 3.8) is 0 Å². The number of urea groups is 1. The van der Waals surface area contributed by atoms with Crippen molar-refractivity contribution in [3.05, 3.63) is 0 Å². The number of hydrogen-bond donors (Lipinski definition) is 0. The Bertz CT molecular complexity index is 524. The molecule has 0 aromatic carbocycles. The Balaban J connectivity index is 3.14. The van der Waals surface area contributed by atoms with Gasteiger partial charge in [-0.1, -0.05) is 13.8 Å². The fourth-order valence-corrected chi connectivity index (χ4v) is 3.51. The van der Waals surface area contributed by atoms with Crippen LogP contribution in [-0.2, 0) is 14.8 Å². The fourth-order valence-electron chi connectivity index (χ4n) is 1.87. The van der Waals surface area contributed by atoms with Gasteiger partial charge in [-0.15, -0.1) is 0 Å². The molecule has 108 valence electrons. The molecule has 0 radical (unpaired) electrons. The molecule has 3 amide bonds. The fraction of sp³-hybridized carbons (Fsp3) is 0.727. The number of sulfonamides is 1. The summed E-state index contributed by atoms with van der Waals surface area (Å²) in [5.74, 6) is -0.575. The van der Waals surface area contributed by atoms with Crippen LogP contribution in [0.25, 0.3) is 0 Å². The highest BCUT2D eigenvalue weighted by atomic mass is 32.2. The second kappa shape index (κ2) is 5.38. The van der Waals surface area contributed by atoms with Gasteiger partial charge in [0.1, 0.15) is 6.21 Å². The lowest BCUT2D eigenvalue weighted by Crippen LogP contribution is -2.56. The molecule has 0 saturated heterocycles. The van der Waals surface area contributed by atoms with E-state index >= 15 is 0 Å². The summed E-state index contributed by atoms with van der Waals surface area (Å²) in [6.07, 6.45) is 1.15. The molecular formula is C11H20N3O4S+. The van der Waals surface area contributed by atoms with Crippen molar-refractivity contribution in [2.45, 2.75) is 19.1 Å². The van der Waals surface area contributed by atoms with E-state index in [-0.39, 0.29) is 5.92 Å². The third-order valence-corrected chi connectivity index (χ3v) is 4.88. The maximum absolute atomic E-state index is 12.3. The topological polar surface area (TPSA) is 77.8 Å². The Morgan fingerprint density at radius 3 is 2.42 bits per heavy atom. The molecule has 0 aromatic rings. The first-order chi connectivity index (χ1) is 8.59. The number of carbonyl (C=O) groups excluding carboxylic acids is 2. The average Bonchev–Trinajstić information content (AvgIpc) is 2.30. The summed E-state index contributed by atoms with van der Waals surface area (Å²) in [5, 5.41) is -1.34. The maximum atomic E-state index is 12.3. The molecule has 0 fully saturated rings. The zero-order valence-corrected chi connectivity index (χ0v) is 12.6. The van der Waals surface area contributed by atoms with Gasteiger partial charge in [0.25, 0.3) is 0 Å².